The van der Waals surface area contributed by atoms with Gasteiger partial charge in [-0.2, -0.15) is 0 Å². The lowest BCUT2D eigenvalue weighted by Gasteiger charge is -2.55. The van der Waals surface area contributed by atoms with E-state index in [-0.39, 0.29) is 29.4 Å². The molecular weight excluding hydrogens is 431 g/mol. The highest BCUT2D eigenvalue weighted by Gasteiger charge is 2.59. The smallest absolute Gasteiger partial charge is 0.191 e. The van der Waals surface area contributed by atoms with Crippen molar-refractivity contribution in [2.45, 2.75) is 39.3 Å². The van der Waals surface area contributed by atoms with Crippen LogP contribution in [-0.4, -0.2) is 76.1 Å². The summed E-state index contributed by atoms with van der Waals surface area (Å²) >= 11 is 0. The summed E-state index contributed by atoms with van der Waals surface area (Å²) in [5.41, 5.74) is 0.179. The number of guanidine groups is 1. The Hall–Kier alpha value is -0.120. The standard InChI is InChI=1S/C18H34N4O2.HI/c1-13(12-22-6-9-23-10-7-22)11-20-17(19-4)21-15-14-5-8-24-16(14)18(15,2)3;/h13-16H,5-12H2,1-4H3,(H2,19,20,21);1H. The van der Waals surface area contributed by atoms with E-state index in [9.17, 15) is 0 Å². The summed E-state index contributed by atoms with van der Waals surface area (Å²) in [6.45, 7) is 13.7. The van der Waals surface area contributed by atoms with Crippen LogP contribution in [0.25, 0.3) is 0 Å². The molecule has 0 radical (unpaired) electrons. The van der Waals surface area contributed by atoms with Gasteiger partial charge in [-0.15, -0.1) is 24.0 Å². The average molecular weight is 466 g/mol. The van der Waals surface area contributed by atoms with Crippen molar-refractivity contribution in [1.82, 2.24) is 15.5 Å². The highest BCUT2D eigenvalue weighted by Crippen LogP contribution is 2.52. The van der Waals surface area contributed by atoms with Gasteiger partial charge in [-0.05, 0) is 12.3 Å². The Bertz CT molecular complexity index is 454. The van der Waals surface area contributed by atoms with Crippen molar-refractivity contribution < 1.29 is 9.47 Å². The topological polar surface area (TPSA) is 58.1 Å². The van der Waals surface area contributed by atoms with Crippen molar-refractivity contribution in [3.63, 3.8) is 0 Å². The quantitative estimate of drug-likeness (QED) is 0.366. The van der Waals surface area contributed by atoms with Crippen molar-refractivity contribution in [2.24, 2.45) is 22.2 Å². The maximum atomic E-state index is 5.88. The summed E-state index contributed by atoms with van der Waals surface area (Å²) < 4.78 is 11.3. The molecule has 6 nitrogen and oxygen atoms in total. The van der Waals surface area contributed by atoms with Crippen molar-refractivity contribution in [1.29, 1.82) is 0 Å². The molecule has 2 N–H and O–H groups in total. The van der Waals surface area contributed by atoms with Crippen LogP contribution in [0.5, 0.6) is 0 Å². The van der Waals surface area contributed by atoms with E-state index < -0.39 is 0 Å². The summed E-state index contributed by atoms with van der Waals surface area (Å²) in [5, 5.41) is 7.16. The predicted molar refractivity (Wildman–Crippen MR) is 112 cm³/mol. The summed E-state index contributed by atoms with van der Waals surface area (Å²) in [5.74, 6) is 2.13. The number of nitrogens with one attached hydrogen (secondary N) is 2. The first-order valence-electron chi connectivity index (χ1n) is 9.41. The molecule has 0 amide bonds. The normalized spacial score (nSPS) is 33.0. The number of rotatable bonds is 5. The fourth-order valence-corrected chi connectivity index (χ4v) is 4.52. The minimum absolute atomic E-state index is 0. The molecule has 0 aromatic rings. The molecule has 3 rings (SSSR count). The number of ether oxygens (including phenoxy) is 2. The zero-order valence-corrected chi connectivity index (χ0v) is 18.4. The Morgan fingerprint density at radius 1 is 1.28 bits per heavy atom. The number of halogens is 1. The Morgan fingerprint density at radius 3 is 2.68 bits per heavy atom. The van der Waals surface area contributed by atoms with E-state index in [1.807, 2.05) is 7.05 Å². The van der Waals surface area contributed by atoms with E-state index >= 15 is 0 Å². The van der Waals surface area contributed by atoms with Gasteiger partial charge in [-0.25, -0.2) is 0 Å². The highest BCUT2D eigenvalue weighted by molar-refractivity contribution is 14.0. The van der Waals surface area contributed by atoms with Crippen LogP contribution < -0.4 is 10.6 Å². The fourth-order valence-electron chi connectivity index (χ4n) is 4.52. The molecule has 1 aliphatic carbocycles. The van der Waals surface area contributed by atoms with Gasteiger partial charge in [0, 0.05) is 57.2 Å². The van der Waals surface area contributed by atoms with E-state index in [1.54, 1.807) is 0 Å². The molecule has 146 valence electrons. The molecular formula is C18H35IN4O2. The first-order chi connectivity index (χ1) is 11.5. The van der Waals surface area contributed by atoms with Gasteiger partial charge in [0.25, 0.3) is 0 Å². The average Bonchev–Trinajstić information content (AvgIpc) is 3.03. The molecule has 2 saturated heterocycles. The molecule has 4 unspecified atom stereocenters. The number of aliphatic imine (C=N–C) groups is 1. The molecule has 2 aliphatic heterocycles. The fraction of sp³-hybridized carbons (Fsp3) is 0.944. The summed E-state index contributed by atoms with van der Waals surface area (Å²) in [4.78, 5) is 6.92. The van der Waals surface area contributed by atoms with Gasteiger partial charge in [0.1, 0.15) is 0 Å². The van der Waals surface area contributed by atoms with Gasteiger partial charge in [0.15, 0.2) is 5.96 Å². The number of fused-ring (bicyclic) bond motifs is 1. The molecule has 7 heteroatoms. The van der Waals surface area contributed by atoms with Crippen LogP contribution in [0.3, 0.4) is 0 Å². The lowest BCUT2D eigenvalue weighted by molar-refractivity contribution is -0.106. The first kappa shape index (κ1) is 21.2. The highest BCUT2D eigenvalue weighted by atomic mass is 127. The number of nitrogens with zero attached hydrogens (tertiary/aromatic N) is 2. The van der Waals surface area contributed by atoms with E-state index in [2.05, 4.69) is 41.3 Å². The third-order valence-electron chi connectivity index (χ3n) is 5.91. The Balaban J connectivity index is 0.00000225. The van der Waals surface area contributed by atoms with E-state index in [4.69, 9.17) is 9.47 Å². The molecule has 0 bridgehead atoms. The SMILES string of the molecule is CN=C(NCC(C)CN1CCOCC1)NC1C2CCOC2C1(C)C.I. The van der Waals surface area contributed by atoms with Gasteiger partial charge in [-0.3, -0.25) is 9.89 Å². The molecule has 0 aromatic carbocycles. The Labute approximate surface area is 169 Å². The maximum Gasteiger partial charge on any atom is 0.191 e. The zero-order valence-electron chi connectivity index (χ0n) is 16.1. The summed E-state index contributed by atoms with van der Waals surface area (Å²) in [7, 11) is 1.86. The van der Waals surface area contributed by atoms with Crippen LogP contribution in [0.1, 0.15) is 27.2 Å². The Kier molecular flexibility index (Phi) is 7.79. The van der Waals surface area contributed by atoms with Crippen LogP contribution in [0.2, 0.25) is 0 Å². The van der Waals surface area contributed by atoms with Gasteiger partial charge < -0.3 is 20.1 Å². The Morgan fingerprint density at radius 2 is 2.00 bits per heavy atom. The van der Waals surface area contributed by atoms with Gasteiger partial charge in [0.05, 0.1) is 19.3 Å². The largest absolute Gasteiger partial charge is 0.379 e. The minimum atomic E-state index is 0. The van der Waals surface area contributed by atoms with E-state index in [1.165, 1.54) is 0 Å². The molecule has 25 heavy (non-hydrogen) atoms. The molecule has 0 aromatic heterocycles. The van der Waals surface area contributed by atoms with E-state index in [0.29, 0.717) is 24.0 Å². The number of hydrogen-bond donors (Lipinski definition) is 2. The molecule has 1 saturated carbocycles. The molecule has 0 spiro atoms. The monoisotopic (exact) mass is 466 g/mol. The second-order valence-electron chi connectivity index (χ2n) is 8.16. The van der Waals surface area contributed by atoms with Crippen LogP contribution in [0, 0.1) is 17.3 Å². The van der Waals surface area contributed by atoms with Crippen LogP contribution in [0.15, 0.2) is 4.99 Å². The lowest BCUT2D eigenvalue weighted by Crippen LogP contribution is -2.68. The molecule has 3 fully saturated rings. The summed E-state index contributed by atoms with van der Waals surface area (Å²) in [6.07, 6.45) is 1.57. The van der Waals surface area contributed by atoms with Crippen LogP contribution in [-0.2, 0) is 9.47 Å². The molecule has 3 aliphatic rings. The third kappa shape index (κ3) is 4.78. The van der Waals surface area contributed by atoms with Crippen molar-refractivity contribution in [2.75, 3.05) is 53.0 Å². The maximum absolute atomic E-state index is 5.88. The van der Waals surface area contributed by atoms with Crippen LogP contribution in [0.4, 0.5) is 0 Å². The van der Waals surface area contributed by atoms with Crippen LogP contribution >= 0.6 is 24.0 Å². The zero-order chi connectivity index (χ0) is 17.2. The van der Waals surface area contributed by atoms with Crippen molar-refractivity contribution >= 4 is 29.9 Å². The first-order valence-corrected chi connectivity index (χ1v) is 9.41. The van der Waals surface area contributed by atoms with Gasteiger partial charge in [0.2, 0.25) is 0 Å². The van der Waals surface area contributed by atoms with Gasteiger partial charge >= 0.3 is 0 Å². The van der Waals surface area contributed by atoms with E-state index in [0.717, 1.165) is 58.4 Å². The third-order valence-corrected chi connectivity index (χ3v) is 5.91. The van der Waals surface area contributed by atoms with Crippen molar-refractivity contribution in [3.8, 4) is 0 Å². The number of morpholine rings is 1. The molecule has 2 heterocycles. The molecule has 4 atom stereocenters. The minimum Gasteiger partial charge on any atom is -0.379 e. The second kappa shape index (κ2) is 9.19. The number of hydrogen-bond acceptors (Lipinski definition) is 4. The predicted octanol–water partition coefficient (Wildman–Crippen LogP) is 1.55. The lowest BCUT2D eigenvalue weighted by atomic mass is 9.57. The second-order valence-corrected chi connectivity index (χ2v) is 8.16. The summed E-state index contributed by atoms with van der Waals surface area (Å²) in [6, 6.07) is 0.450. The van der Waals surface area contributed by atoms with Gasteiger partial charge in [-0.1, -0.05) is 20.8 Å². The van der Waals surface area contributed by atoms with Crippen molar-refractivity contribution in [3.05, 3.63) is 0 Å².